The lowest BCUT2D eigenvalue weighted by molar-refractivity contribution is 0.233. The van der Waals surface area contributed by atoms with Crippen molar-refractivity contribution in [2.75, 3.05) is 47.4 Å². The van der Waals surface area contributed by atoms with Gasteiger partial charge in [0.2, 0.25) is 0 Å². The van der Waals surface area contributed by atoms with Crippen LogP contribution in [0.25, 0.3) is 0 Å². The van der Waals surface area contributed by atoms with E-state index >= 15 is 0 Å². The average molecular weight is 263 g/mol. The molecule has 1 saturated heterocycles. The third kappa shape index (κ3) is 4.49. The van der Waals surface area contributed by atoms with Crippen LogP contribution >= 0.6 is 0 Å². The molecule has 1 aliphatic heterocycles. The van der Waals surface area contributed by atoms with Crippen molar-refractivity contribution in [3.8, 4) is 5.75 Å². The van der Waals surface area contributed by atoms with E-state index in [0.717, 1.165) is 45.0 Å². The standard InChI is InChI=1S/C15H25N3O/c1-17(2)11-13-8-14(10-15(9-13)19-3)12-18-6-4-16-5-7-18/h8-10,16H,4-7,11-12H2,1-3H3. The summed E-state index contributed by atoms with van der Waals surface area (Å²) in [5.74, 6) is 0.962. The quantitative estimate of drug-likeness (QED) is 0.863. The first-order valence-electron chi connectivity index (χ1n) is 6.92. The van der Waals surface area contributed by atoms with Crippen LogP contribution in [-0.4, -0.2) is 57.2 Å². The normalized spacial score (nSPS) is 16.8. The van der Waals surface area contributed by atoms with Gasteiger partial charge in [-0.05, 0) is 37.4 Å². The van der Waals surface area contributed by atoms with E-state index < -0.39 is 0 Å². The number of ether oxygens (including phenoxy) is 1. The summed E-state index contributed by atoms with van der Waals surface area (Å²) in [5.41, 5.74) is 2.66. The molecular formula is C15H25N3O. The van der Waals surface area contributed by atoms with Gasteiger partial charge in [-0.3, -0.25) is 4.90 Å². The molecule has 1 aliphatic rings. The van der Waals surface area contributed by atoms with Crippen LogP contribution in [0.2, 0.25) is 0 Å². The third-order valence-electron chi connectivity index (χ3n) is 3.38. The molecule has 1 N–H and O–H groups in total. The lowest BCUT2D eigenvalue weighted by atomic mass is 10.1. The second-order valence-corrected chi connectivity index (χ2v) is 5.45. The number of benzene rings is 1. The molecule has 0 aromatic heterocycles. The van der Waals surface area contributed by atoms with Crippen molar-refractivity contribution in [1.82, 2.24) is 15.1 Å². The molecule has 2 rings (SSSR count). The van der Waals surface area contributed by atoms with Crippen LogP contribution in [0.15, 0.2) is 18.2 Å². The Morgan fingerprint density at radius 2 is 1.84 bits per heavy atom. The Kier molecular flexibility index (Phi) is 5.19. The van der Waals surface area contributed by atoms with E-state index in [-0.39, 0.29) is 0 Å². The Morgan fingerprint density at radius 3 is 2.47 bits per heavy atom. The first-order chi connectivity index (χ1) is 9.17. The third-order valence-corrected chi connectivity index (χ3v) is 3.38. The minimum absolute atomic E-state index is 0.950. The lowest BCUT2D eigenvalue weighted by Crippen LogP contribution is -2.42. The maximum absolute atomic E-state index is 5.42. The number of hydrogen-bond donors (Lipinski definition) is 1. The lowest BCUT2D eigenvalue weighted by Gasteiger charge is -2.27. The number of methoxy groups -OCH3 is 1. The van der Waals surface area contributed by atoms with Gasteiger partial charge in [0.1, 0.15) is 5.75 Å². The van der Waals surface area contributed by atoms with Gasteiger partial charge in [0.25, 0.3) is 0 Å². The highest BCUT2D eigenvalue weighted by Crippen LogP contribution is 2.19. The fraction of sp³-hybridized carbons (Fsp3) is 0.600. The second-order valence-electron chi connectivity index (χ2n) is 5.45. The van der Waals surface area contributed by atoms with Crippen LogP contribution in [0, 0.1) is 0 Å². The molecule has 19 heavy (non-hydrogen) atoms. The molecule has 1 fully saturated rings. The van der Waals surface area contributed by atoms with Crippen molar-refractivity contribution in [2.24, 2.45) is 0 Å². The zero-order valence-electron chi connectivity index (χ0n) is 12.3. The molecule has 0 bridgehead atoms. The molecule has 4 nitrogen and oxygen atoms in total. The molecule has 0 unspecified atom stereocenters. The van der Waals surface area contributed by atoms with E-state index in [4.69, 9.17) is 4.74 Å². The number of rotatable bonds is 5. The van der Waals surface area contributed by atoms with Gasteiger partial charge in [-0.25, -0.2) is 0 Å². The molecule has 106 valence electrons. The fourth-order valence-corrected chi connectivity index (χ4v) is 2.52. The minimum Gasteiger partial charge on any atom is -0.497 e. The summed E-state index contributed by atoms with van der Waals surface area (Å²) in [6.45, 7) is 6.40. The highest BCUT2D eigenvalue weighted by atomic mass is 16.5. The van der Waals surface area contributed by atoms with Gasteiger partial charge in [-0.15, -0.1) is 0 Å². The van der Waals surface area contributed by atoms with Gasteiger partial charge in [-0.2, -0.15) is 0 Å². The van der Waals surface area contributed by atoms with Crippen molar-refractivity contribution < 1.29 is 4.74 Å². The largest absolute Gasteiger partial charge is 0.497 e. The number of nitrogens with one attached hydrogen (secondary N) is 1. The zero-order chi connectivity index (χ0) is 13.7. The Bertz CT molecular complexity index is 400. The molecule has 1 heterocycles. The summed E-state index contributed by atoms with van der Waals surface area (Å²) < 4.78 is 5.42. The Morgan fingerprint density at radius 1 is 1.16 bits per heavy atom. The van der Waals surface area contributed by atoms with Gasteiger partial charge >= 0.3 is 0 Å². The van der Waals surface area contributed by atoms with E-state index in [0.29, 0.717) is 0 Å². The molecule has 0 atom stereocenters. The summed E-state index contributed by atoms with van der Waals surface area (Å²) in [4.78, 5) is 4.67. The molecule has 1 aromatic rings. The molecule has 0 spiro atoms. The smallest absolute Gasteiger partial charge is 0.119 e. The van der Waals surface area contributed by atoms with Crippen LogP contribution in [0.1, 0.15) is 11.1 Å². The van der Waals surface area contributed by atoms with Crippen LogP contribution < -0.4 is 10.1 Å². The van der Waals surface area contributed by atoms with E-state index in [1.54, 1.807) is 7.11 Å². The Balaban J connectivity index is 2.09. The van der Waals surface area contributed by atoms with E-state index in [1.165, 1.54) is 11.1 Å². The SMILES string of the molecule is COc1cc(CN(C)C)cc(CN2CCNCC2)c1. The predicted octanol–water partition coefficient (Wildman–Crippen LogP) is 1.16. The molecule has 1 aromatic carbocycles. The van der Waals surface area contributed by atoms with E-state index in [2.05, 4.69) is 47.4 Å². The molecular weight excluding hydrogens is 238 g/mol. The summed E-state index contributed by atoms with van der Waals surface area (Å²) in [5, 5.41) is 3.39. The van der Waals surface area contributed by atoms with Crippen LogP contribution in [-0.2, 0) is 13.1 Å². The summed E-state index contributed by atoms with van der Waals surface area (Å²) in [6.07, 6.45) is 0. The van der Waals surface area contributed by atoms with Gasteiger partial charge in [-0.1, -0.05) is 6.07 Å². The fourth-order valence-electron chi connectivity index (χ4n) is 2.52. The monoisotopic (exact) mass is 263 g/mol. The van der Waals surface area contributed by atoms with Crippen molar-refractivity contribution in [2.45, 2.75) is 13.1 Å². The molecule has 4 heteroatoms. The first-order valence-corrected chi connectivity index (χ1v) is 6.92. The summed E-state index contributed by atoms with van der Waals surface area (Å²) in [7, 11) is 5.92. The molecule has 0 saturated carbocycles. The predicted molar refractivity (Wildman–Crippen MR) is 78.5 cm³/mol. The maximum Gasteiger partial charge on any atom is 0.119 e. The highest BCUT2D eigenvalue weighted by molar-refractivity contribution is 5.34. The van der Waals surface area contributed by atoms with E-state index in [1.807, 2.05) is 0 Å². The molecule has 0 amide bonds. The maximum atomic E-state index is 5.42. The van der Waals surface area contributed by atoms with Gasteiger partial charge < -0.3 is 15.0 Å². The van der Waals surface area contributed by atoms with Crippen molar-refractivity contribution >= 4 is 0 Å². The van der Waals surface area contributed by atoms with Crippen molar-refractivity contribution in [1.29, 1.82) is 0 Å². The van der Waals surface area contributed by atoms with Crippen molar-refractivity contribution in [3.05, 3.63) is 29.3 Å². The molecule has 0 aliphatic carbocycles. The minimum atomic E-state index is 0.950. The number of piperazine rings is 1. The van der Waals surface area contributed by atoms with Crippen LogP contribution in [0.3, 0.4) is 0 Å². The van der Waals surface area contributed by atoms with Gasteiger partial charge in [0.05, 0.1) is 7.11 Å². The zero-order valence-corrected chi connectivity index (χ0v) is 12.3. The first kappa shape index (κ1) is 14.3. The number of nitrogens with zero attached hydrogens (tertiary/aromatic N) is 2. The Hall–Kier alpha value is -1.10. The van der Waals surface area contributed by atoms with Gasteiger partial charge in [0, 0.05) is 39.3 Å². The molecule has 0 radical (unpaired) electrons. The summed E-state index contributed by atoms with van der Waals surface area (Å²) in [6, 6.07) is 6.58. The van der Waals surface area contributed by atoms with Crippen LogP contribution in [0.5, 0.6) is 5.75 Å². The van der Waals surface area contributed by atoms with E-state index in [9.17, 15) is 0 Å². The van der Waals surface area contributed by atoms with Crippen molar-refractivity contribution in [3.63, 3.8) is 0 Å². The summed E-state index contributed by atoms with van der Waals surface area (Å²) >= 11 is 0. The average Bonchev–Trinajstić information content (AvgIpc) is 2.38. The Labute approximate surface area is 116 Å². The number of hydrogen-bond acceptors (Lipinski definition) is 4. The van der Waals surface area contributed by atoms with Crippen LogP contribution in [0.4, 0.5) is 0 Å². The highest BCUT2D eigenvalue weighted by Gasteiger charge is 2.11. The topological polar surface area (TPSA) is 27.7 Å². The second kappa shape index (κ2) is 6.89. The van der Waals surface area contributed by atoms with Gasteiger partial charge in [0.15, 0.2) is 0 Å².